The third-order valence-corrected chi connectivity index (χ3v) is 7.13. The Morgan fingerprint density at radius 1 is 1.12 bits per heavy atom. The summed E-state index contributed by atoms with van der Waals surface area (Å²) in [5.74, 6) is -1.45. The predicted octanol–water partition coefficient (Wildman–Crippen LogP) is 4.78. The van der Waals surface area contributed by atoms with Crippen molar-refractivity contribution in [3.05, 3.63) is 86.8 Å². The molecule has 0 aliphatic carbocycles. The fraction of sp³-hybridized carbons (Fsp3) is 0.308. The second-order valence-electron chi connectivity index (χ2n) is 8.16. The maximum Gasteiger partial charge on any atom is 0.290 e. The number of anilines is 1. The Kier molecular flexibility index (Phi) is 6.79. The van der Waals surface area contributed by atoms with E-state index in [1.807, 2.05) is 43.3 Å². The standard InChI is InChI=1S/C26H28N4O3S/c1-5-29(6-2)20-12-10-18(11-13-20)22-21(23(31)25-16(3)28-17(4)34-25)24(32)26(33)30(22)15-19-9-7-8-14-27-19/h7-14,22,32H,5-6,15H2,1-4H3. The smallest absolute Gasteiger partial charge is 0.290 e. The van der Waals surface area contributed by atoms with Gasteiger partial charge in [-0.15, -0.1) is 11.3 Å². The van der Waals surface area contributed by atoms with Gasteiger partial charge >= 0.3 is 0 Å². The molecule has 1 aliphatic rings. The highest BCUT2D eigenvalue weighted by molar-refractivity contribution is 7.14. The SMILES string of the molecule is CCN(CC)c1ccc(C2C(C(=O)c3sc(C)nc3C)=C(O)C(=O)N2Cc2ccccn2)cc1. The number of carbonyl (C=O) groups is 2. The molecule has 1 atom stereocenters. The van der Waals surface area contributed by atoms with Crippen LogP contribution in [0.2, 0.25) is 0 Å². The van der Waals surface area contributed by atoms with Crippen LogP contribution in [0.25, 0.3) is 0 Å². The largest absolute Gasteiger partial charge is 0.503 e. The Bertz CT molecular complexity index is 1230. The quantitative estimate of drug-likeness (QED) is 0.471. The lowest BCUT2D eigenvalue weighted by atomic mass is 9.94. The number of hydrogen-bond donors (Lipinski definition) is 1. The first kappa shape index (κ1) is 23.6. The molecule has 1 amide bonds. The summed E-state index contributed by atoms with van der Waals surface area (Å²) in [7, 11) is 0. The van der Waals surface area contributed by atoms with Gasteiger partial charge in [0, 0.05) is 25.0 Å². The van der Waals surface area contributed by atoms with Gasteiger partial charge in [0.15, 0.2) is 5.76 Å². The number of pyridine rings is 1. The predicted molar refractivity (Wildman–Crippen MR) is 133 cm³/mol. The molecule has 3 aromatic rings. The van der Waals surface area contributed by atoms with Gasteiger partial charge in [-0.2, -0.15) is 0 Å². The lowest BCUT2D eigenvalue weighted by molar-refractivity contribution is -0.130. The van der Waals surface area contributed by atoms with Crippen LogP contribution in [0.1, 0.15) is 51.5 Å². The topological polar surface area (TPSA) is 86.6 Å². The van der Waals surface area contributed by atoms with Gasteiger partial charge in [0.25, 0.3) is 5.91 Å². The van der Waals surface area contributed by atoms with Crippen LogP contribution in [0.5, 0.6) is 0 Å². The Balaban J connectivity index is 1.79. The molecule has 7 nitrogen and oxygen atoms in total. The van der Waals surface area contributed by atoms with Gasteiger partial charge in [-0.25, -0.2) is 4.98 Å². The summed E-state index contributed by atoms with van der Waals surface area (Å²) < 4.78 is 0. The molecule has 1 N–H and O–H groups in total. The van der Waals surface area contributed by atoms with Crippen molar-refractivity contribution in [3.8, 4) is 0 Å². The van der Waals surface area contributed by atoms with Crippen molar-refractivity contribution in [2.45, 2.75) is 40.3 Å². The van der Waals surface area contributed by atoms with E-state index in [0.717, 1.165) is 29.3 Å². The monoisotopic (exact) mass is 476 g/mol. The zero-order valence-corrected chi connectivity index (χ0v) is 20.6. The maximum atomic E-state index is 13.6. The summed E-state index contributed by atoms with van der Waals surface area (Å²) >= 11 is 1.27. The number of nitrogens with zero attached hydrogens (tertiary/aromatic N) is 4. The number of aliphatic hydroxyl groups excluding tert-OH is 1. The average molecular weight is 477 g/mol. The minimum Gasteiger partial charge on any atom is -0.503 e. The lowest BCUT2D eigenvalue weighted by Gasteiger charge is -2.27. The van der Waals surface area contributed by atoms with Crippen molar-refractivity contribution in [1.29, 1.82) is 0 Å². The minimum atomic E-state index is -0.727. The van der Waals surface area contributed by atoms with Gasteiger partial charge in [0.1, 0.15) is 0 Å². The lowest BCUT2D eigenvalue weighted by Crippen LogP contribution is -2.31. The second kappa shape index (κ2) is 9.77. The number of carbonyl (C=O) groups excluding carboxylic acids is 2. The van der Waals surface area contributed by atoms with Crippen LogP contribution in [0.15, 0.2) is 60.0 Å². The molecule has 0 bridgehead atoms. The molecule has 1 aromatic carbocycles. The first-order chi connectivity index (χ1) is 16.3. The molecule has 0 radical (unpaired) electrons. The van der Waals surface area contributed by atoms with E-state index in [0.29, 0.717) is 16.3 Å². The zero-order valence-electron chi connectivity index (χ0n) is 19.8. The molecule has 0 fully saturated rings. The van der Waals surface area contributed by atoms with E-state index in [9.17, 15) is 14.7 Å². The van der Waals surface area contributed by atoms with Crippen molar-refractivity contribution in [1.82, 2.24) is 14.9 Å². The highest BCUT2D eigenvalue weighted by Crippen LogP contribution is 2.41. The zero-order chi connectivity index (χ0) is 24.4. The first-order valence-electron chi connectivity index (χ1n) is 11.3. The van der Waals surface area contributed by atoms with E-state index in [4.69, 9.17) is 0 Å². The van der Waals surface area contributed by atoms with Crippen molar-refractivity contribution >= 4 is 28.7 Å². The molecule has 0 saturated heterocycles. The number of aliphatic hydroxyl groups is 1. The van der Waals surface area contributed by atoms with Gasteiger partial charge in [0.2, 0.25) is 5.78 Å². The molecule has 34 heavy (non-hydrogen) atoms. The Morgan fingerprint density at radius 3 is 2.38 bits per heavy atom. The number of ketones is 1. The number of aryl methyl sites for hydroxylation is 2. The molecule has 1 aliphatic heterocycles. The molecule has 176 valence electrons. The summed E-state index contributed by atoms with van der Waals surface area (Å²) in [5, 5.41) is 11.7. The number of Topliss-reactive ketones (excluding diaryl/α,β-unsaturated/α-hetero) is 1. The fourth-order valence-corrected chi connectivity index (χ4v) is 5.26. The molecule has 4 rings (SSSR count). The average Bonchev–Trinajstić information content (AvgIpc) is 3.31. The Hall–Kier alpha value is -3.52. The minimum absolute atomic E-state index is 0.0864. The number of hydrogen-bond acceptors (Lipinski definition) is 7. The van der Waals surface area contributed by atoms with Gasteiger partial charge in [-0.3, -0.25) is 14.6 Å². The van der Waals surface area contributed by atoms with Crippen molar-refractivity contribution in [2.24, 2.45) is 0 Å². The molecule has 0 saturated carbocycles. The Morgan fingerprint density at radius 2 is 1.82 bits per heavy atom. The number of rotatable bonds is 8. The van der Waals surface area contributed by atoms with Crippen LogP contribution in [0.3, 0.4) is 0 Å². The molecular formula is C26H28N4O3S. The van der Waals surface area contributed by atoms with Crippen LogP contribution >= 0.6 is 11.3 Å². The van der Waals surface area contributed by atoms with Crippen LogP contribution in [-0.4, -0.2) is 44.8 Å². The van der Waals surface area contributed by atoms with E-state index in [1.165, 1.54) is 16.2 Å². The van der Waals surface area contributed by atoms with Crippen LogP contribution in [0, 0.1) is 13.8 Å². The van der Waals surface area contributed by atoms with E-state index in [-0.39, 0.29) is 17.9 Å². The number of benzene rings is 1. The molecule has 2 aromatic heterocycles. The highest BCUT2D eigenvalue weighted by Gasteiger charge is 2.44. The van der Waals surface area contributed by atoms with Gasteiger partial charge in [-0.05, 0) is 57.5 Å². The summed E-state index contributed by atoms with van der Waals surface area (Å²) in [5.41, 5.74) is 3.17. The first-order valence-corrected chi connectivity index (χ1v) is 12.1. The van der Waals surface area contributed by atoms with Crippen molar-refractivity contribution in [3.63, 3.8) is 0 Å². The molecular weight excluding hydrogens is 448 g/mol. The van der Waals surface area contributed by atoms with Crippen LogP contribution in [0.4, 0.5) is 5.69 Å². The second-order valence-corrected chi connectivity index (χ2v) is 9.36. The van der Waals surface area contributed by atoms with Crippen LogP contribution in [-0.2, 0) is 11.3 Å². The van der Waals surface area contributed by atoms with Crippen LogP contribution < -0.4 is 4.90 Å². The van der Waals surface area contributed by atoms with Crippen molar-refractivity contribution in [2.75, 3.05) is 18.0 Å². The van der Waals surface area contributed by atoms with Gasteiger partial charge in [-0.1, -0.05) is 18.2 Å². The highest BCUT2D eigenvalue weighted by atomic mass is 32.1. The molecule has 3 heterocycles. The summed E-state index contributed by atoms with van der Waals surface area (Å²) in [6.07, 6.45) is 1.66. The number of amides is 1. The summed E-state index contributed by atoms with van der Waals surface area (Å²) in [4.78, 5) is 39.7. The Labute approximate surface area is 203 Å². The van der Waals surface area contributed by atoms with Gasteiger partial charge in [0.05, 0.1) is 39.4 Å². The summed E-state index contributed by atoms with van der Waals surface area (Å²) in [6.45, 7) is 9.71. The third-order valence-electron chi connectivity index (χ3n) is 6.05. The normalized spacial score (nSPS) is 15.8. The number of thiazole rings is 1. The van der Waals surface area contributed by atoms with E-state index >= 15 is 0 Å². The molecule has 0 spiro atoms. The van der Waals surface area contributed by atoms with Gasteiger partial charge < -0.3 is 14.9 Å². The maximum absolute atomic E-state index is 13.6. The fourth-order valence-electron chi connectivity index (χ4n) is 4.38. The van der Waals surface area contributed by atoms with E-state index in [1.54, 1.807) is 19.2 Å². The molecule has 1 unspecified atom stereocenters. The summed E-state index contributed by atoms with van der Waals surface area (Å²) in [6, 6.07) is 12.6. The van der Waals surface area contributed by atoms with E-state index in [2.05, 4.69) is 28.7 Å². The molecule has 8 heteroatoms. The number of aromatic nitrogens is 2. The van der Waals surface area contributed by atoms with E-state index < -0.39 is 17.7 Å². The third kappa shape index (κ3) is 4.33. The van der Waals surface area contributed by atoms with Crippen molar-refractivity contribution < 1.29 is 14.7 Å².